The van der Waals surface area contributed by atoms with E-state index in [0.717, 1.165) is 44.1 Å². The van der Waals surface area contributed by atoms with Gasteiger partial charge in [-0.05, 0) is 32.3 Å². The molecule has 1 aromatic carbocycles. The number of benzene rings is 1. The van der Waals surface area contributed by atoms with Gasteiger partial charge in [0.2, 0.25) is 0 Å². The summed E-state index contributed by atoms with van der Waals surface area (Å²) in [5.74, 6) is 1.32. The lowest BCUT2D eigenvalue weighted by Crippen LogP contribution is -2.32. The Kier molecular flexibility index (Phi) is 11.3. The fourth-order valence-electron chi connectivity index (χ4n) is 2.51. The molecule has 0 saturated carbocycles. The van der Waals surface area contributed by atoms with E-state index in [-0.39, 0.29) is 6.61 Å². The first-order valence-corrected chi connectivity index (χ1v) is 9.92. The highest BCUT2D eigenvalue weighted by atomic mass is 17.1. The van der Waals surface area contributed by atoms with Crippen molar-refractivity contribution in [3.8, 4) is 11.5 Å². The van der Waals surface area contributed by atoms with Crippen LogP contribution in [0.3, 0.4) is 0 Å². The molecule has 0 spiro atoms. The second-order valence-electron chi connectivity index (χ2n) is 6.77. The maximum Gasteiger partial charge on any atom is 0.167 e. The summed E-state index contributed by atoms with van der Waals surface area (Å²) in [6.45, 7) is 10.3. The van der Waals surface area contributed by atoms with E-state index in [1.807, 2.05) is 18.2 Å². The minimum atomic E-state index is -1.01. The molecule has 0 radical (unpaired) electrons. The summed E-state index contributed by atoms with van der Waals surface area (Å²) in [6.07, 6.45) is 6.07. The van der Waals surface area contributed by atoms with Gasteiger partial charge in [0, 0.05) is 12.2 Å². The molecule has 0 bridgehead atoms. The summed E-state index contributed by atoms with van der Waals surface area (Å²) in [6, 6.07) is 5.69. The summed E-state index contributed by atoms with van der Waals surface area (Å²) >= 11 is 0. The zero-order chi connectivity index (χ0) is 19.3. The molecular weight excluding hydrogens is 332 g/mol. The molecule has 0 aliphatic rings. The third-order valence-corrected chi connectivity index (χ3v) is 4.27. The molecular formula is C21H36O5. The minimum Gasteiger partial charge on any atom is -0.490 e. The monoisotopic (exact) mass is 368 g/mol. The van der Waals surface area contributed by atoms with Crippen LogP contribution >= 0.6 is 0 Å². The topological polar surface area (TPSA) is 57.2 Å². The lowest BCUT2D eigenvalue weighted by molar-refractivity contribution is -0.334. The van der Waals surface area contributed by atoms with E-state index >= 15 is 0 Å². The maximum atomic E-state index is 9.62. The molecule has 150 valence electrons. The molecule has 1 N–H and O–H groups in total. The Morgan fingerprint density at radius 2 is 1.50 bits per heavy atom. The van der Waals surface area contributed by atoms with Gasteiger partial charge in [-0.15, -0.1) is 0 Å². The first-order valence-electron chi connectivity index (χ1n) is 9.92. The van der Waals surface area contributed by atoms with E-state index < -0.39 is 5.60 Å². The Balaban J connectivity index is 3.04. The van der Waals surface area contributed by atoms with Gasteiger partial charge in [0.25, 0.3) is 0 Å². The Bertz CT molecular complexity index is 491. The van der Waals surface area contributed by atoms with Gasteiger partial charge in [0.05, 0.1) is 19.8 Å². The fraction of sp³-hybridized carbons (Fsp3) is 0.714. The highest BCUT2D eigenvalue weighted by Gasteiger charge is 2.33. The first-order chi connectivity index (χ1) is 12.6. The predicted molar refractivity (Wildman–Crippen MR) is 104 cm³/mol. The van der Waals surface area contributed by atoms with Crippen molar-refractivity contribution < 1.29 is 24.4 Å². The van der Waals surface area contributed by atoms with Crippen LogP contribution in [0.25, 0.3) is 0 Å². The molecule has 5 heteroatoms. The van der Waals surface area contributed by atoms with Gasteiger partial charge < -0.3 is 14.2 Å². The Hall–Kier alpha value is -1.30. The Morgan fingerprint density at radius 3 is 2.12 bits per heavy atom. The Labute approximate surface area is 158 Å². The number of rotatable bonds is 15. The van der Waals surface area contributed by atoms with Crippen molar-refractivity contribution in [1.82, 2.24) is 0 Å². The van der Waals surface area contributed by atoms with Crippen molar-refractivity contribution in [2.24, 2.45) is 0 Å². The van der Waals surface area contributed by atoms with Crippen LogP contribution in [0, 0.1) is 0 Å². The van der Waals surface area contributed by atoms with Crippen LogP contribution in [0.2, 0.25) is 0 Å². The Morgan fingerprint density at radius 1 is 0.885 bits per heavy atom. The summed E-state index contributed by atoms with van der Waals surface area (Å²) in [5.41, 5.74) is -0.277. The van der Waals surface area contributed by atoms with Crippen LogP contribution < -0.4 is 9.47 Å². The van der Waals surface area contributed by atoms with Gasteiger partial charge in [-0.3, -0.25) is 5.26 Å². The molecule has 0 aliphatic carbocycles. The third-order valence-electron chi connectivity index (χ3n) is 4.27. The smallest absolute Gasteiger partial charge is 0.167 e. The van der Waals surface area contributed by atoms with Crippen molar-refractivity contribution in [2.75, 3.05) is 26.4 Å². The summed E-state index contributed by atoms with van der Waals surface area (Å²) in [4.78, 5) is 4.87. The normalized spacial score (nSPS) is 13.4. The zero-order valence-electron chi connectivity index (χ0n) is 16.9. The molecule has 0 aromatic heterocycles. The number of unbranched alkanes of at least 4 members (excludes halogenated alkanes) is 3. The van der Waals surface area contributed by atoms with E-state index in [4.69, 9.17) is 19.1 Å². The highest BCUT2D eigenvalue weighted by Crippen LogP contribution is 2.39. The average molecular weight is 369 g/mol. The average Bonchev–Trinajstić information content (AvgIpc) is 2.66. The number of ether oxygens (including phenoxy) is 3. The second kappa shape index (κ2) is 13.0. The second-order valence-corrected chi connectivity index (χ2v) is 6.77. The van der Waals surface area contributed by atoms with Crippen LogP contribution in [-0.2, 0) is 15.2 Å². The van der Waals surface area contributed by atoms with Crippen molar-refractivity contribution >= 4 is 0 Å². The fourth-order valence-corrected chi connectivity index (χ4v) is 2.51. The van der Waals surface area contributed by atoms with E-state index in [1.54, 1.807) is 6.92 Å². The molecule has 26 heavy (non-hydrogen) atoms. The summed E-state index contributed by atoms with van der Waals surface area (Å²) in [7, 11) is 0. The van der Waals surface area contributed by atoms with E-state index in [0.29, 0.717) is 31.3 Å². The van der Waals surface area contributed by atoms with Crippen molar-refractivity contribution in [3.63, 3.8) is 0 Å². The van der Waals surface area contributed by atoms with E-state index in [2.05, 4.69) is 20.8 Å². The summed E-state index contributed by atoms with van der Waals surface area (Å²) < 4.78 is 17.7. The van der Waals surface area contributed by atoms with Gasteiger partial charge in [-0.25, -0.2) is 4.89 Å². The van der Waals surface area contributed by atoms with Crippen LogP contribution in [0.4, 0.5) is 0 Å². The molecule has 0 heterocycles. The minimum absolute atomic E-state index is 0.242. The van der Waals surface area contributed by atoms with Crippen LogP contribution in [0.1, 0.15) is 71.8 Å². The lowest BCUT2D eigenvalue weighted by Gasteiger charge is -2.29. The van der Waals surface area contributed by atoms with E-state index in [1.165, 1.54) is 0 Å². The molecule has 1 unspecified atom stereocenters. The highest BCUT2D eigenvalue weighted by molar-refractivity contribution is 5.49. The van der Waals surface area contributed by atoms with Gasteiger partial charge in [0.1, 0.15) is 0 Å². The number of para-hydroxylation sites is 1. The molecule has 1 rings (SSSR count). The molecule has 1 atom stereocenters. The molecule has 0 amide bonds. The molecule has 1 aromatic rings. The largest absolute Gasteiger partial charge is 0.490 e. The first kappa shape index (κ1) is 22.7. The SMILES string of the molecule is CCCCOCC(C)(OO)c1cccc(OCCCC)c1OCCCC. The van der Waals surface area contributed by atoms with Crippen molar-refractivity contribution in [2.45, 2.75) is 71.8 Å². The van der Waals surface area contributed by atoms with Crippen LogP contribution in [0.5, 0.6) is 11.5 Å². The number of hydrogen-bond acceptors (Lipinski definition) is 5. The van der Waals surface area contributed by atoms with Gasteiger partial charge in [-0.1, -0.05) is 52.2 Å². The number of hydrogen-bond donors (Lipinski definition) is 1. The third kappa shape index (κ3) is 7.14. The summed E-state index contributed by atoms with van der Waals surface area (Å²) in [5, 5.41) is 9.62. The quantitative estimate of drug-likeness (QED) is 0.249. The van der Waals surface area contributed by atoms with Crippen LogP contribution in [0.15, 0.2) is 18.2 Å². The molecule has 5 nitrogen and oxygen atoms in total. The van der Waals surface area contributed by atoms with Gasteiger partial charge >= 0.3 is 0 Å². The molecule has 0 aliphatic heterocycles. The van der Waals surface area contributed by atoms with E-state index in [9.17, 15) is 5.26 Å². The lowest BCUT2D eigenvalue weighted by atomic mass is 9.95. The maximum absolute atomic E-state index is 9.62. The van der Waals surface area contributed by atoms with Gasteiger partial charge in [0.15, 0.2) is 17.1 Å². The standard InChI is InChI=1S/C21H36O5/c1-5-8-14-23-17-21(4,26-22)18-12-11-13-19(24-15-9-6-2)20(18)25-16-10-7-3/h11-13,22H,5-10,14-17H2,1-4H3. The van der Waals surface area contributed by atoms with Crippen LogP contribution in [-0.4, -0.2) is 31.7 Å². The predicted octanol–water partition coefficient (Wildman–Crippen LogP) is 5.57. The molecule has 0 saturated heterocycles. The molecule has 0 fully saturated rings. The zero-order valence-corrected chi connectivity index (χ0v) is 16.9. The van der Waals surface area contributed by atoms with Crippen molar-refractivity contribution in [3.05, 3.63) is 23.8 Å². The van der Waals surface area contributed by atoms with Crippen molar-refractivity contribution in [1.29, 1.82) is 0 Å². The van der Waals surface area contributed by atoms with Gasteiger partial charge in [-0.2, -0.15) is 0 Å².